The summed E-state index contributed by atoms with van der Waals surface area (Å²) in [6.45, 7) is 5.86. The number of aliphatic carboxylic acids is 1. The number of carboxylic acids is 1. The molecular formula is C15H22FNO2. The van der Waals surface area contributed by atoms with Crippen molar-refractivity contribution in [3.8, 4) is 0 Å². The van der Waals surface area contributed by atoms with Crippen LogP contribution in [0.5, 0.6) is 0 Å². The van der Waals surface area contributed by atoms with Gasteiger partial charge in [-0.1, -0.05) is 39.0 Å². The molecule has 1 rings (SSSR count). The molecule has 0 fully saturated rings. The molecule has 1 aromatic rings. The molecule has 0 heterocycles. The summed E-state index contributed by atoms with van der Waals surface area (Å²) in [4.78, 5) is 11.2. The van der Waals surface area contributed by atoms with Crippen molar-refractivity contribution in [3.05, 3.63) is 35.6 Å². The van der Waals surface area contributed by atoms with Crippen molar-refractivity contribution in [3.63, 3.8) is 0 Å². The van der Waals surface area contributed by atoms with E-state index in [0.29, 0.717) is 18.4 Å². The zero-order chi connectivity index (χ0) is 14.4. The van der Waals surface area contributed by atoms with Crippen LogP contribution in [0.1, 0.15) is 45.2 Å². The summed E-state index contributed by atoms with van der Waals surface area (Å²) in [7, 11) is 0. The molecule has 0 spiro atoms. The summed E-state index contributed by atoms with van der Waals surface area (Å²) < 4.78 is 13.8. The first kappa shape index (κ1) is 15.6. The first-order chi connectivity index (χ1) is 8.95. The van der Waals surface area contributed by atoms with E-state index in [0.717, 1.165) is 0 Å². The van der Waals surface area contributed by atoms with Crippen LogP contribution in [0, 0.1) is 11.7 Å². The van der Waals surface area contributed by atoms with E-state index in [-0.39, 0.29) is 17.8 Å². The first-order valence-electron chi connectivity index (χ1n) is 6.69. The molecule has 0 aliphatic heterocycles. The molecule has 2 unspecified atom stereocenters. The third kappa shape index (κ3) is 4.63. The fourth-order valence-corrected chi connectivity index (χ4v) is 2.14. The van der Waals surface area contributed by atoms with Crippen LogP contribution in [-0.4, -0.2) is 17.1 Å². The molecule has 0 aliphatic rings. The highest BCUT2D eigenvalue weighted by molar-refractivity contribution is 5.73. The van der Waals surface area contributed by atoms with E-state index in [9.17, 15) is 14.3 Å². The summed E-state index contributed by atoms with van der Waals surface area (Å²) in [6, 6.07) is 5.57. The topological polar surface area (TPSA) is 49.3 Å². The minimum Gasteiger partial charge on any atom is -0.480 e. The maximum atomic E-state index is 13.8. The average Bonchev–Trinajstić information content (AvgIpc) is 2.35. The van der Waals surface area contributed by atoms with Gasteiger partial charge in [-0.15, -0.1) is 0 Å². The Hall–Kier alpha value is -1.42. The fraction of sp³-hybridized carbons (Fsp3) is 0.533. The second-order valence-corrected chi connectivity index (χ2v) is 5.17. The van der Waals surface area contributed by atoms with Crippen molar-refractivity contribution in [1.82, 2.24) is 5.32 Å². The maximum absolute atomic E-state index is 13.8. The summed E-state index contributed by atoms with van der Waals surface area (Å²) in [6.07, 6.45) is 1.17. The number of nitrogens with one attached hydrogen (secondary N) is 1. The molecule has 0 saturated heterocycles. The largest absolute Gasteiger partial charge is 0.480 e. The van der Waals surface area contributed by atoms with E-state index in [2.05, 4.69) is 5.32 Å². The zero-order valence-corrected chi connectivity index (χ0v) is 11.7. The minimum atomic E-state index is -0.886. The highest BCUT2D eigenvalue weighted by Gasteiger charge is 2.23. The molecule has 2 atom stereocenters. The minimum absolute atomic E-state index is 0.270. The third-order valence-corrected chi connectivity index (χ3v) is 3.10. The van der Waals surface area contributed by atoms with Crippen LogP contribution in [0.4, 0.5) is 4.39 Å². The predicted octanol–water partition coefficient (Wildman–Crippen LogP) is 3.37. The number of hydrogen-bond acceptors (Lipinski definition) is 2. The van der Waals surface area contributed by atoms with E-state index in [4.69, 9.17) is 0 Å². The molecule has 0 saturated carbocycles. The van der Waals surface area contributed by atoms with Gasteiger partial charge in [-0.25, -0.2) is 4.39 Å². The number of carbonyl (C=O) groups is 1. The van der Waals surface area contributed by atoms with Crippen molar-refractivity contribution in [2.75, 3.05) is 0 Å². The highest BCUT2D eigenvalue weighted by Crippen LogP contribution is 2.21. The van der Waals surface area contributed by atoms with Gasteiger partial charge < -0.3 is 5.11 Å². The summed E-state index contributed by atoms with van der Waals surface area (Å²) in [5.41, 5.74) is 0.528. The molecule has 2 N–H and O–H groups in total. The van der Waals surface area contributed by atoms with E-state index in [1.54, 1.807) is 18.2 Å². The first-order valence-corrected chi connectivity index (χ1v) is 6.69. The van der Waals surface area contributed by atoms with Gasteiger partial charge in [-0.3, -0.25) is 10.1 Å². The van der Waals surface area contributed by atoms with Crippen molar-refractivity contribution < 1.29 is 14.3 Å². The molecule has 0 aliphatic carbocycles. The van der Waals surface area contributed by atoms with Crippen molar-refractivity contribution in [2.45, 2.75) is 45.7 Å². The molecule has 0 bridgehead atoms. The van der Waals surface area contributed by atoms with Crippen molar-refractivity contribution in [2.24, 2.45) is 5.92 Å². The second-order valence-electron chi connectivity index (χ2n) is 5.17. The number of halogens is 1. The summed E-state index contributed by atoms with van der Waals surface area (Å²) in [5.74, 6) is -0.911. The van der Waals surface area contributed by atoms with Gasteiger partial charge >= 0.3 is 5.97 Å². The molecule has 1 aromatic carbocycles. The summed E-state index contributed by atoms with van der Waals surface area (Å²) in [5, 5.41) is 12.3. The molecule has 0 radical (unpaired) electrons. The summed E-state index contributed by atoms with van der Waals surface area (Å²) >= 11 is 0. The Morgan fingerprint density at radius 2 is 2.00 bits per heavy atom. The van der Waals surface area contributed by atoms with Gasteiger partial charge in [-0.2, -0.15) is 0 Å². The number of benzene rings is 1. The van der Waals surface area contributed by atoms with Gasteiger partial charge in [0, 0.05) is 11.6 Å². The Morgan fingerprint density at radius 3 is 2.47 bits per heavy atom. The zero-order valence-electron chi connectivity index (χ0n) is 11.7. The molecule has 19 heavy (non-hydrogen) atoms. The molecule has 106 valence electrons. The van der Waals surface area contributed by atoms with Gasteiger partial charge in [0.05, 0.1) is 0 Å². The predicted molar refractivity (Wildman–Crippen MR) is 73.4 cm³/mol. The quantitative estimate of drug-likeness (QED) is 0.796. The Bertz CT molecular complexity index is 420. The van der Waals surface area contributed by atoms with Crippen molar-refractivity contribution >= 4 is 5.97 Å². The molecule has 4 heteroatoms. The van der Waals surface area contributed by atoms with Crippen LogP contribution in [-0.2, 0) is 4.79 Å². The molecule has 3 nitrogen and oxygen atoms in total. The van der Waals surface area contributed by atoms with E-state index < -0.39 is 12.0 Å². The lowest BCUT2D eigenvalue weighted by Crippen LogP contribution is -2.40. The Kier molecular flexibility index (Phi) is 5.96. The van der Waals surface area contributed by atoms with E-state index in [1.807, 2.05) is 20.8 Å². The number of rotatable bonds is 7. The smallest absolute Gasteiger partial charge is 0.320 e. The van der Waals surface area contributed by atoms with Crippen molar-refractivity contribution in [1.29, 1.82) is 0 Å². The van der Waals surface area contributed by atoms with Crippen LogP contribution >= 0.6 is 0 Å². The third-order valence-electron chi connectivity index (χ3n) is 3.10. The van der Waals surface area contributed by atoms with Gasteiger partial charge in [0.15, 0.2) is 0 Å². The van der Waals surface area contributed by atoms with Gasteiger partial charge in [-0.05, 0) is 24.8 Å². The Morgan fingerprint density at radius 1 is 1.37 bits per heavy atom. The van der Waals surface area contributed by atoms with Gasteiger partial charge in [0.2, 0.25) is 0 Å². The van der Waals surface area contributed by atoms with Crippen LogP contribution in [0.25, 0.3) is 0 Å². The lowest BCUT2D eigenvalue weighted by molar-refractivity contribution is -0.140. The number of carboxylic acid groups (broad SMARTS) is 1. The van der Waals surface area contributed by atoms with Gasteiger partial charge in [0.25, 0.3) is 0 Å². The van der Waals surface area contributed by atoms with E-state index >= 15 is 0 Å². The van der Waals surface area contributed by atoms with Crippen LogP contribution in [0.3, 0.4) is 0 Å². The van der Waals surface area contributed by atoms with Crippen LogP contribution < -0.4 is 5.32 Å². The average molecular weight is 267 g/mol. The van der Waals surface area contributed by atoms with Crippen LogP contribution in [0.2, 0.25) is 0 Å². The van der Waals surface area contributed by atoms with Crippen LogP contribution in [0.15, 0.2) is 24.3 Å². The fourth-order valence-electron chi connectivity index (χ4n) is 2.14. The Labute approximate surface area is 113 Å². The Balaban J connectivity index is 2.85. The normalized spacial score (nSPS) is 14.4. The molecule has 0 amide bonds. The standard InChI is InChI=1S/C15H22FNO2/c1-4-13(11-7-5-6-8-12(11)16)17-14(15(18)19)9-10(2)3/h5-8,10,13-14,17H,4,9H2,1-3H3,(H,18,19). The number of hydrogen-bond donors (Lipinski definition) is 2. The van der Waals surface area contributed by atoms with E-state index in [1.165, 1.54) is 6.07 Å². The SMILES string of the molecule is CCC(NC(CC(C)C)C(=O)O)c1ccccc1F. The lowest BCUT2D eigenvalue weighted by Gasteiger charge is -2.24. The monoisotopic (exact) mass is 267 g/mol. The second kappa shape index (κ2) is 7.24. The maximum Gasteiger partial charge on any atom is 0.320 e. The lowest BCUT2D eigenvalue weighted by atomic mass is 9.99. The molecular weight excluding hydrogens is 245 g/mol. The highest BCUT2D eigenvalue weighted by atomic mass is 19.1. The molecule has 0 aromatic heterocycles. The van der Waals surface area contributed by atoms with Gasteiger partial charge in [0.1, 0.15) is 11.9 Å².